The summed E-state index contributed by atoms with van der Waals surface area (Å²) >= 11 is 0. The topological polar surface area (TPSA) is 95.2 Å². The van der Waals surface area contributed by atoms with Crippen LogP contribution in [-0.4, -0.2) is 38.6 Å². The lowest BCUT2D eigenvalue weighted by Gasteiger charge is -2.29. The summed E-state index contributed by atoms with van der Waals surface area (Å²) in [4.78, 5) is 44.5. The second-order valence-electron chi connectivity index (χ2n) is 5.73. The summed E-state index contributed by atoms with van der Waals surface area (Å²) in [5.41, 5.74) is 3.21. The first-order valence-corrected chi connectivity index (χ1v) is 7.40. The number of aromatic nitrogens is 2. The van der Waals surface area contributed by atoms with E-state index in [-0.39, 0.29) is 18.2 Å². The molecular formula is C16H14N4O3. The van der Waals surface area contributed by atoms with Crippen LogP contribution in [0.15, 0.2) is 30.7 Å². The third-order valence-corrected chi connectivity index (χ3v) is 4.32. The first kappa shape index (κ1) is 13.7. The van der Waals surface area contributed by atoms with Gasteiger partial charge in [0, 0.05) is 30.3 Å². The van der Waals surface area contributed by atoms with Gasteiger partial charge < -0.3 is 9.88 Å². The number of carbonyl (C=O) groups is 3. The van der Waals surface area contributed by atoms with Gasteiger partial charge in [0.2, 0.25) is 11.8 Å². The molecule has 2 aliphatic heterocycles. The molecule has 1 atom stereocenters. The van der Waals surface area contributed by atoms with Gasteiger partial charge in [-0.25, -0.2) is 4.98 Å². The van der Waals surface area contributed by atoms with Crippen molar-refractivity contribution >= 4 is 17.7 Å². The van der Waals surface area contributed by atoms with E-state index in [0.717, 1.165) is 16.8 Å². The van der Waals surface area contributed by atoms with Gasteiger partial charge in [-0.3, -0.25) is 19.7 Å². The largest absolute Gasteiger partial charge is 0.351 e. The van der Waals surface area contributed by atoms with Crippen LogP contribution in [0, 0.1) is 0 Å². The SMILES string of the molecule is O=C1CCC(N2Cc3cc(-c4c[nH]cn4)ccc3C2=O)C(=O)N1. The number of nitrogens with zero attached hydrogens (tertiary/aromatic N) is 2. The zero-order valence-electron chi connectivity index (χ0n) is 12.2. The molecule has 0 bridgehead atoms. The fourth-order valence-corrected chi connectivity index (χ4v) is 3.15. The van der Waals surface area contributed by atoms with Crippen molar-refractivity contribution in [1.82, 2.24) is 20.2 Å². The Kier molecular flexibility index (Phi) is 3.00. The summed E-state index contributed by atoms with van der Waals surface area (Å²) in [5.74, 6) is -0.839. The number of benzene rings is 1. The number of piperidine rings is 1. The highest BCUT2D eigenvalue weighted by atomic mass is 16.2. The minimum atomic E-state index is -0.582. The van der Waals surface area contributed by atoms with E-state index in [1.54, 1.807) is 23.5 Å². The summed E-state index contributed by atoms with van der Waals surface area (Å²) in [6, 6.07) is 4.96. The summed E-state index contributed by atoms with van der Waals surface area (Å²) in [6.07, 6.45) is 4.02. The third-order valence-electron chi connectivity index (χ3n) is 4.32. The molecule has 3 heterocycles. The maximum absolute atomic E-state index is 12.6. The first-order valence-electron chi connectivity index (χ1n) is 7.40. The molecule has 116 valence electrons. The Morgan fingerprint density at radius 1 is 1.22 bits per heavy atom. The number of rotatable bonds is 2. The number of carbonyl (C=O) groups excluding carboxylic acids is 3. The number of hydrogen-bond acceptors (Lipinski definition) is 4. The van der Waals surface area contributed by atoms with Crippen LogP contribution in [0.1, 0.15) is 28.8 Å². The van der Waals surface area contributed by atoms with Crippen molar-refractivity contribution in [2.24, 2.45) is 0 Å². The maximum Gasteiger partial charge on any atom is 0.255 e. The number of nitrogens with one attached hydrogen (secondary N) is 2. The monoisotopic (exact) mass is 310 g/mol. The average molecular weight is 310 g/mol. The zero-order valence-corrected chi connectivity index (χ0v) is 12.2. The average Bonchev–Trinajstić information content (AvgIpc) is 3.16. The molecule has 23 heavy (non-hydrogen) atoms. The second kappa shape index (κ2) is 5.05. The summed E-state index contributed by atoms with van der Waals surface area (Å²) < 4.78 is 0. The lowest BCUT2D eigenvalue weighted by atomic mass is 10.0. The Hall–Kier alpha value is -2.96. The Bertz CT molecular complexity index is 813. The van der Waals surface area contributed by atoms with E-state index in [0.29, 0.717) is 18.5 Å². The molecule has 0 saturated carbocycles. The van der Waals surface area contributed by atoms with Gasteiger partial charge in [0.05, 0.1) is 12.0 Å². The molecule has 1 unspecified atom stereocenters. The second-order valence-corrected chi connectivity index (χ2v) is 5.73. The Morgan fingerprint density at radius 2 is 2.09 bits per heavy atom. The van der Waals surface area contributed by atoms with Crippen LogP contribution in [0.2, 0.25) is 0 Å². The molecular weight excluding hydrogens is 296 g/mol. The minimum absolute atomic E-state index is 0.164. The highest BCUT2D eigenvalue weighted by Crippen LogP contribution is 2.30. The zero-order chi connectivity index (χ0) is 16.0. The Morgan fingerprint density at radius 3 is 2.83 bits per heavy atom. The quantitative estimate of drug-likeness (QED) is 0.803. The van der Waals surface area contributed by atoms with Crippen molar-refractivity contribution in [2.75, 3.05) is 0 Å². The van der Waals surface area contributed by atoms with Crippen LogP contribution in [0.5, 0.6) is 0 Å². The van der Waals surface area contributed by atoms with Gasteiger partial charge in [0.15, 0.2) is 0 Å². The molecule has 7 heteroatoms. The summed E-state index contributed by atoms with van der Waals surface area (Å²) in [7, 11) is 0. The molecule has 2 aromatic rings. The lowest BCUT2D eigenvalue weighted by Crippen LogP contribution is -2.52. The van der Waals surface area contributed by atoms with E-state index < -0.39 is 11.9 Å². The van der Waals surface area contributed by atoms with Gasteiger partial charge in [-0.05, 0) is 24.1 Å². The lowest BCUT2D eigenvalue weighted by molar-refractivity contribution is -0.136. The van der Waals surface area contributed by atoms with Crippen molar-refractivity contribution in [2.45, 2.75) is 25.4 Å². The number of fused-ring (bicyclic) bond motifs is 1. The number of amides is 3. The normalized spacial score (nSPS) is 20.6. The molecule has 3 amide bonds. The Balaban J connectivity index is 1.63. The van der Waals surface area contributed by atoms with Gasteiger partial charge in [-0.1, -0.05) is 6.07 Å². The fourth-order valence-electron chi connectivity index (χ4n) is 3.15. The standard InChI is InChI=1S/C16H14N4O3/c21-14-4-3-13(15(22)19-14)20-7-10-5-9(12-6-17-8-18-12)1-2-11(10)16(20)23/h1-2,5-6,8,13H,3-4,7H2,(H,17,18)(H,19,21,22). The molecule has 1 saturated heterocycles. The van der Waals surface area contributed by atoms with Crippen molar-refractivity contribution in [1.29, 1.82) is 0 Å². The molecule has 0 radical (unpaired) electrons. The van der Waals surface area contributed by atoms with E-state index in [9.17, 15) is 14.4 Å². The number of imidazole rings is 1. The minimum Gasteiger partial charge on any atom is -0.351 e. The molecule has 4 rings (SSSR count). The van der Waals surface area contributed by atoms with Crippen LogP contribution < -0.4 is 5.32 Å². The van der Waals surface area contributed by atoms with Crippen molar-refractivity contribution in [3.63, 3.8) is 0 Å². The van der Waals surface area contributed by atoms with Crippen molar-refractivity contribution < 1.29 is 14.4 Å². The van der Waals surface area contributed by atoms with Crippen molar-refractivity contribution in [3.8, 4) is 11.3 Å². The van der Waals surface area contributed by atoms with Gasteiger partial charge in [-0.15, -0.1) is 0 Å². The third kappa shape index (κ3) is 2.21. The van der Waals surface area contributed by atoms with E-state index in [2.05, 4.69) is 15.3 Å². The number of H-pyrrole nitrogens is 1. The van der Waals surface area contributed by atoms with Gasteiger partial charge in [0.1, 0.15) is 6.04 Å². The number of aromatic amines is 1. The van der Waals surface area contributed by atoms with Gasteiger partial charge >= 0.3 is 0 Å². The molecule has 1 fully saturated rings. The van der Waals surface area contributed by atoms with E-state index >= 15 is 0 Å². The van der Waals surface area contributed by atoms with Crippen LogP contribution in [0.3, 0.4) is 0 Å². The summed E-state index contributed by atoms with van der Waals surface area (Å²) in [6.45, 7) is 0.374. The molecule has 0 aliphatic carbocycles. The van der Waals surface area contributed by atoms with Gasteiger partial charge in [0.25, 0.3) is 5.91 Å². The van der Waals surface area contributed by atoms with E-state index in [1.807, 2.05) is 12.1 Å². The van der Waals surface area contributed by atoms with Gasteiger partial charge in [-0.2, -0.15) is 0 Å². The summed E-state index contributed by atoms with van der Waals surface area (Å²) in [5, 5.41) is 2.30. The molecule has 1 aromatic carbocycles. The predicted octanol–water partition coefficient (Wildman–Crippen LogP) is 0.838. The number of imide groups is 1. The first-order chi connectivity index (χ1) is 11.1. The fraction of sp³-hybridized carbons (Fsp3) is 0.250. The van der Waals surface area contributed by atoms with Crippen molar-refractivity contribution in [3.05, 3.63) is 41.9 Å². The Labute approximate surface area is 131 Å². The molecule has 0 spiro atoms. The molecule has 1 aromatic heterocycles. The van der Waals surface area contributed by atoms with Crippen LogP contribution in [-0.2, 0) is 16.1 Å². The van der Waals surface area contributed by atoms with E-state index in [1.165, 1.54) is 0 Å². The smallest absolute Gasteiger partial charge is 0.255 e. The predicted molar refractivity (Wildman–Crippen MR) is 80.1 cm³/mol. The van der Waals surface area contributed by atoms with Crippen LogP contribution in [0.25, 0.3) is 11.3 Å². The molecule has 2 aliphatic rings. The molecule has 7 nitrogen and oxygen atoms in total. The highest BCUT2D eigenvalue weighted by molar-refractivity contribution is 6.05. The number of hydrogen-bond donors (Lipinski definition) is 2. The van der Waals surface area contributed by atoms with Crippen LogP contribution in [0.4, 0.5) is 0 Å². The molecule has 2 N–H and O–H groups in total. The maximum atomic E-state index is 12.6. The van der Waals surface area contributed by atoms with Crippen LogP contribution >= 0.6 is 0 Å². The highest BCUT2D eigenvalue weighted by Gasteiger charge is 2.39. The van der Waals surface area contributed by atoms with E-state index in [4.69, 9.17) is 0 Å².